The molecule has 0 aromatic heterocycles. The summed E-state index contributed by atoms with van der Waals surface area (Å²) in [5.74, 6) is -2.55. The monoisotopic (exact) mass is 332 g/mol. The van der Waals surface area contributed by atoms with Crippen LogP contribution in [0.5, 0.6) is 0 Å². The summed E-state index contributed by atoms with van der Waals surface area (Å²) < 4.78 is 26.5. The third kappa shape index (κ3) is 4.16. The zero-order valence-electron chi connectivity index (χ0n) is 13.4. The summed E-state index contributed by atoms with van der Waals surface area (Å²) in [6, 6.07) is 9.53. The van der Waals surface area contributed by atoms with Crippen molar-refractivity contribution in [3.05, 3.63) is 65.2 Å². The molecule has 6 heteroatoms. The lowest BCUT2D eigenvalue weighted by Crippen LogP contribution is -2.32. The molecule has 0 bridgehead atoms. The number of amides is 2. The molecule has 4 nitrogen and oxygen atoms in total. The third-order valence-electron chi connectivity index (χ3n) is 3.76. The van der Waals surface area contributed by atoms with Crippen LogP contribution in [-0.2, 0) is 11.2 Å². The van der Waals surface area contributed by atoms with Crippen molar-refractivity contribution in [3.63, 3.8) is 0 Å². The smallest absolute Gasteiger partial charge is 0.248 e. The van der Waals surface area contributed by atoms with Gasteiger partial charge in [0, 0.05) is 30.3 Å². The first kappa shape index (κ1) is 17.6. The number of rotatable bonds is 5. The molecule has 0 aliphatic carbocycles. The van der Waals surface area contributed by atoms with Gasteiger partial charge in [0.25, 0.3) is 0 Å². The first-order valence-corrected chi connectivity index (χ1v) is 7.40. The maximum Gasteiger partial charge on any atom is 0.248 e. The summed E-state index contributed by atoms with van der Waals surface area (Å²) in [7, 11) is 1.60. The maximum absolute atomic E-state index is 13.2. The molecule has 0 saturated heterocycles. The lowest BCUT2D eigenvalue weighted by atomic mass is 9.99. The molecule has 0 fully saturated rings. The van der Waals surface area contributed by atoms with E-state index in [1.165, 1.54) is 29.2 Å². The zero-order valence-corrected chi connectivity index (χ0v) is 13.4. The molecule has 0 heterocycles. The Morgan fingerprint density at radius 2 is 1.62 bits per heavy atom. The summed E-state index contributed by atoms with van der Waals surface area (Å²) >= 11 is 0. The molecule has 0 aliphatic rings. The summed E-state index contributed by atoms with van der Waals surface area (Å²) in [6.45, 7) is 1.69. The van der Waals surface area contributed by atoms with E-state index in [-0.39, 0.29) is 12.3 Å². The maximum atomic E-state index is 13.2. The first-order valence-electron chi connectivity index (χ1n) is 7.40. The van der Waals surface area contributed by atoms with E-state index in [9.17, 15) is 18.4 Å². The Hall–Kier alpha value is -2.76. The predicted octanol–water partition coefficient (Wildman–Crippen LogP) is 2.91. The fourth-order valence-corrected chi connectivity index (χ4v) is 2.48. The number of nitrogens with two attached hydrogens (primary N) is 1. The molecule has 0 unspecified atom stereocenters. The van der Waals surface area contributed by atoms with E-state index in [1.54, 1.807) is 26.1 Å². The molecular weight excluding hydrogens is 314 g/mol. The fraction of sp³-hybridized carbons (Fsp3) is 0.222. The second-order valence-electron chi connectivity index (χ2n) is 5.69. The highest BCUT2D eigenvalue weighted by Crippen LogP contribution is 2.19. The number of benzene rings is 2. The number of nitrogens with zero attached hydrogens (tertiary/aromatic N) is 1. The molecule has 2 amide bonds. The van der Waals surface area contributed by atoms with E-state index in [2.05, 4.69) is 0 Å². The van der Waals surface area contributed by atoms with Crippen molar-refractivity contribution >= 4 is 17.5 Å². The van der Waals surface area contributed by atoms with Gasteiger partial charge in [-0.3, -0.25) is 9.59 Å². The minimum Gasteiger partial charge on any atom is -0.366 e. The third-order valence-corrected chi connectivity index (χ3v) is 3.76. The van der Waals surface area contributed by atoms with Crippen LogP contribution in [0.25, 0.3) is 0 Å². The Morgan fingerprint density at radius 1 is 1.08 bits per heavy atom. The van der Waals surface area contributed by atoms with Gasteiger partial charge in [0.15, 0.2) is 0 Å². The summed E-state index contributed by atoms with van der Waals surface area (Å²) in [4.78, 5) is 25.0. The summed E-state index contributed by atoms with van der Waals surface area (Å²) in [5.41, 5.74) is 6.55. The average Bonchev–Trinajstić information content (AvgIpc) is 2.52. The Kier molecular flexibility index (Phi) is 5.28. The molecule has 1 atom stereocenters. The number of anilines is 1. The minimum absolute atomic E-state index is 0.202. The fourth-order valence-electron chi connectivity index (χ4n) is 2.48. The average molecular weight is 332 g/mol. The van der Waals surface area contributed by atoms with E-state index in [4.69, 9.17) is 5.73 Å². The summed E-state index contributed by atoms with van der Waals surface area (Å²) in [5, 5.41) is 0. The van der Waals surface area contributed by atoms with Crippen molar-refractivity contribution in [1.29, 1.82) is 0 Å². The minimum atomic E-state index is -0.667. The van der Waals surface area contributed by atoms with Crippen molar-refractivity contribution < 1.29 is 18.4 Å². The quantitative estimate of drug-likeness (QED) is 0.915. The highest BCUT2D eigenvalue weighted by Gasteiger charge is 2.20. The lowest BCUT2D eigenvalue weighted by Gasteiger charge is -2.22. The Balaban J connectivity index is 2.10. The van der Waals surface area contributed by atoms with Gasteiger partial charge in [-0.25, -0.2) is 8.78 Å². The topological polar surface area (TPSA) is 63.4 Å². The van der Waals surface area contributed by atoms with Gasteiger partial charge in [-0.1, -0.05) is 6.92 Å². The predicted molar refractivity (Wildman–Crippen MR) is 87.6 cm³/mol. The van der Waals surface area contributed by atoms with E-state index < -0.39 is 23.5 Å². The van der Waals surface area contributed by atoms with Crippen LogP contribution in [-0.4, -0.2) is 18.9 Å². The van der Waals surface area contributed by atoms with Gasteiger partial charge in [-0.15, -0.1) is 0 Å². The molecule has 24 heavy (non-hydrogen) atoms. The van der Waals surface area contributed by atoms with Crippen molar-refractivity contribution in [2.75, 3.05) is 11.9 Å². The largest absolute Gasteiger partial charge is 0.366 e. The van der Waals surface area contributed by atoms with Crippen LogP contribution in [0.3, 0.4) is 0 Å². The molecule has 126 valence electrons. The van der Waals surface area contributed by atoms with Gasteiger partial charge in [-0.2, -0.15) is 0 Å². The highest BCUT2D eigenvalue weighted by atomic mass is 19.1. The van der Waals surface area contributed by atoms with Gasteiger partial charge in [0.1, 0.15) is 11.6 Å². The van der Waals surface area contributed by atoms with E-state index in [0.29, 0.717) is 16.8 Å². The van der Waals surface area contributed by atoms with Crippen molar-refractivity contribution in [3.8, 4) is 0 Å². The standard InChI is InChI=1S/C18H18F2N2O2/c1-11(7-12-8-14(19)10-15(20)9-12)18(24)22(2)16-5-3-13(4-6-16)17(21)23/h3-6,8-11H,7H2,1-2H3,(H2,21,23)/t11-/m0/s1. The summed E-state index contributed by atoms with van der Waals surface area (Å²) in [6.07, 6.45) is 0.219. The van der Waals surface area contributed by atoms with Crippen molar-refractivity contribution in [2.24, 2.45) is 11.7 Å². The second-order valence-corrected chi connectivity index (χ2v) is 5.69. The van der Waals surface area contributed by atoms with Crippen LogP contribution in [0.2, 0.25) is 0 Å². The molecule has 0 saturated carbocycles. The number of carbonyl (C=O) groups excluding carboxylic acids is 2. The molecule has 2 aromatic carbocycles. The van der Waals surface area contributed by atoms with E-state index in [0.717, 1.165) is 6.07 Å². The Morgan fingerprint density at radius 3 is 2.12 bits per heavy atom. The number of hydrogen-bond acceptors (Lipinski definition) is 2. The van der Waals surface area contributed by atoms with Gasteiger partial charge in [0.2, 0.25) is 11.8 Å². The van der Waals surface area contributed by atoms with Gasteiger partial charge in [0.05, 0.1) is 0 Å². The van der Waals surface area contributed by atoms with Crippen LogP contribution in [0.15, 0.2) is 42.5 Å². The first-order chi connectivity index (χ1) is 11.3. The SMILES string of the molecule is C[C@@H](Cc1cc(F)cc(F)c1)C(=O)N(C)c1ccc(C(N)=O)cc1. The van der Waals surface area contributed by atoms with Gasteiger partial charge in [-0.05, 0) is 48.4 Å². The number of primary amides is 1. The molecule has 2 rings (SSSR count). The second kappa shape index (κ2) is 7.21. The molecule has 0 radical (unpaired) electrons. The molecular formula is C18H18F2N2O2. The number of hydrogen-bond donors (Lipinski definition) is 1. The number of carbonyl (C=O) groups is 2. The zero-order chi connectivity index (χ0) is 17.9. The molecule has 0 aliphatic heterocycles. The number of halogens is 2. The Labute approximate surface area is 138 Å². The van der Waals surface area contributed by atoms with Crippen LogP contribution >= 0.6 is 0 Å². The molecule has 0 spiro atoms. The normalized spacial score (nSPS) is 11.8. The van der Waals surface area contributed by atoms with Crippen LogP contribution in [0.1, 0.15) is 22.8 Å². The highest BCUT2D eigenvalue weighted by molar-refractivity contribution is 5.96. The van der Waals surface area contributed by atoms with Gasteiger partial charge >= 0.3 is 0 Å². The van der Waals surface area contributed by atoms with Gasteiger partial charge < -0.3 is 10.6 Å². The van der Waals surface area contributed by atoms with E-state index >= 15 is 0 Å². The lowest BCUT2D eigenvalue weighted by molar-refractivity contribution is -0.121. The van der Waals surface area contributed by atoms with Crippen LogP contribution in [0, 0.1) is 17.6 Å². The molecule has 2 aromatic rings. The van der Waals surface area contributed by atoms with E-state index in [1.807, 2.05) is 0 Å². The van der Waals surface area contributed by atoms with Crippen molar-refractivity contribution in [1.82, 2.24) is 0 Å². The van der Waals surface area contributed by atoms with Crippen LogP contribution < -0.4 is 10.6 Å². The van der Waals surface area contributed by atoms with Crippen LogP contribution in [0.4, 0.5) is 14.5 Å². The Bertz CT molecular complexity index is 740. The molecule has 2 N–H and O–H groups in total. The van der Waals surface area contributed by atoms with Crippen molar-refractivity contribution in [2.45, 2.75) is 13.3 Å².